The highest BCUT2D eigenvalue weighted by atomic mass is 16.5. The van der Waals surface area contributed by atoms with Crippen molar-refractivity contribution in [2.24, 2.45) is 11.8 Å². The SMILES string of the molecule is CCOCCCCCCN1CCC(C(C)C)CC1. The Morgan fingerprint density at radius 1 is 1.06 bits per heavy atom. The molecule has 1 saturated heterocycles. The first-order chi connectivity index (χ1) is 8.74. The number of unbranched alkanes of at least 4 members (excludes halogenated alkanes) is 3. The summed E-state index contributed by atoms with van der Waals surface area (Å²) in [7, 11) is 0. The highest BCUT2D eigenvalue weighted by Gasteiger charge is 2.20. The van der Waals surface area contributed by atoms with Crippen LogP contribution in [0.5, 0.6) is 0 Å². The zero-order valence-electron chi connectivity index (χ0n) is 12.8. The van der Waals surface area contributed by atoms with E-state index in [1.807, 2.05) is 0 Å². The predicted molar refractivity (Wildman–Crippen MR) is 79.0 cm³/mol. The standard InChI is InChI=1S/C16H33NO/c1-4-18-14-8-6-5-7-11-17-12-9-16(10-13-17)15(2)3/h15-16H,4-14H2,1-3H3. The predicted octanol–water partition coefficient (Wildman–Crippen LogP) is 3.95. The van der Waals surface area contributed by atoms with E-state index in [-0.39, 0.29) is 0 Å². The van der Waals surface area contributed by atoms with E-state index in [0.717, 1.165) is 25.0 Å². The molecule has 0 atom stereocenters. The van der Waals surface area contributed by atoms with Gasteiger partial charge in [-0.3, -0.25) is 0 Å². The summed E-state index contributed by atoms with van der Waals surface area (Å²) in [4.78, 5) is 2.67. The van der Waals surface area contributed by atoms with Crippen LogP contribution in [-0.4, -0.2) is 37.7 Å². The monoisotopic (exact) mass is 255 g/mol. The molecular formula is C16H33NO. The first-order valence-corrected chi connectivity index (χ1v) is 8.04. The lowest BCUT2D eigenvalue weighted by molar-refractivity contribution is 0.140. The van der Waals surface area contributed by atoms with Crippen LogP contribution < -0.4 is 0 Å². The summed E-state index contributed by atoms with van der Waals surface area (Å²) in [5.74, 6) is 1.86. The van der Waals surface area contributed by atoms with Crippen LogP contribution in [-0.2, 0) is 4.74 Å². The van der Waals surface area contributed by atoms with E-state index in [0.29, 0.717) is 0 Å². The van der Waals surface area contributed by atoms with Gasteiger partial charge in [-0.1, -0.05) is 26.7 Å². The zero-order valence-corrected chi connectivity index (χ0v) is 12.8. The Balaban J connectivity index is 1.91. The van der Waals surface area contributed by atoms with Crippen LogP contribution in [0.2, 0.25) is 0 Å². The third kappa shape index (κ3) is 6.75. The van der Waals surface area contributed by atoms with Crippen molar-refractivity contribution < 1.29 is 4.74 Å². The number of rotatable bonds is 9. The molecule has 1 aliphatic rings. The Morgan fingerprint density at radius 3 is 2.33 bits per heavy atom. The van der Waals surface area contributed by atoms with Crippen LogP contribution in [0.15, 0.2) is 0 Å². The number of hydrogen-bond acceptors (Lipinski definition) is 2. The van der Waals surface area contributed by atoms with Gasteiger partial charge in [-0.2, -0.15) is 0 Å². The van der Waals surface area contributed by atoms with Crippen molar-refractivity contribution in [3.05, 3.63) is 0 Å². The molecule has 1 fully saturated rings. The number of ether oxygens (including phenoxy) is 1. The molecule has 0 amide bonds. The highest BCUT2D eigenvalue weighted by molar-refractivity contribution is 4.74. The normalized spacial score (nSPS) is 18.7. The van der Waals surface area contributed by atoms with Gasteiger partial charge in [0, 0.05) is 13.2 Å². The van der Waals surface area contributed by atoms with Crippen LogP contribution in [0.25, 0.3) is 0 Å². The first kappa shape index (κ1) is 16.0. The minimum absolute atomic E-state index is 0.866. The van der Waals surface area contributed by atoms with Crippen molar-refractivity contribution in [3.8, 4) is 0 Å². The van der Waals surface area contributed by atoms with Gasteiger partial charge in [0.15, 0.2) is 0 Å². The van der Waals surface area contributed by atoms with Gasteiger partial charge in [0.2, 0.25) is 0 Å². The maximum absolute atomic E-state index is 5.35. The Morgan fingerprint density at radius 2 is 1.72 bits per heavy atom. The molecule has 0 aromatic heterocycles. The van der Waals surface area contributed by atoms with Gasteiger partial charge < -0.3 is 9.64 Å². The van der Waals surface area contributed by atoms with E-state index in [2.05, 4.69) is 25.7 Å². The average Bonchev–Trinajstić information content (AvgIpc) is 2.38. The van der Waals surface area contributed by atoms with Gasteiger partial charge in [0.05, 0.1) is 0 Å². The Hall–Kier alpha value is -0.0800. The molecule has 2 nitrogen and oxygen atoms in total. The number of piperidine rings is 1. The van der Waals surface area contributed by atoms with Gasteiger partial charge in [-0.05, 0) is 64.1 Å². The third-order valence-electron chi connectivity index (χ3n) is 4.29. The van der Waals surface area contributed by atoms with Gasteiger partial charge in [0.25, 0.3) is 0 Å². The molecule has 0 N–H and O–H groups in total. The van der Waals surface area contributed by atoms with Crippen molar-refractivity contribution in [2.45, 2.75) is 59.3 Å². The van der Waals surface area contributed by atoms with Crippen molar-refractivity contribution in [3.63, 3.8) is 0 Å². The molecule has 1 rings (SSSR count). The lowest BCUT2D eigenvalue weighted by atomic mass is 9.87. The lowest BCUT2D eigenvalue weighted by Crippen LogP contribution is -2.35. The van der Waals surface area contributed by atoms with Crippen molar-refractivity contribution in [1.82, 2.24) is 4.90 Å². The average molecular weight is 255 g/mol. The number of nitrogens with zero attached hydrogens (tertiary/aromatic N) is 1. The molecule has 0 aliphatic carbocycles. The third-order valence-corrected chi connectivity index (χ3v) is 4.29. The van der Waals surface area contributed by atoms with Crippen molar-refractivity contribution in [1.29, 1.82) is 0 Å². The summed E-state index contributed by atoms with van der Waals surface area (Å²) in [6.45, 7) is 12.6. The molecular weight excluding hydrogens is 222 g/mol. The quantitative estimate of drug-likeness (QED) is 0.578. The fraction of sp³-hybridized carbons (Fsp3) is 1.00. The Bertz CT molecular complexity index is 186. The fourth-order valence-electron chi connectivity index (χ4n) is 2.88. The second kappa shape index (κ2) is 9.80. The highest BCUT2D eigenvalue weighted by Crippen LogP contribution is 2.24. The molecule has 0 aromatic carbocycles. The van der Waals surface area contributed by atoms with Crippen LogP contribution in [0.3, 0.4) is 0 Å². The Kier molecular flexibility index (Phi) is 8.70. The molecule has 0 bridgehead atoms. The molecule has 0 aromatic rings. The maximum atomic E-state index is 5.35. The van der Waals surface area contributed by atoms with E-state index in [1.165, 1.54) is 58.2 Å². The van der Waals surface area contributed by atoms with Crippen LogP contribution >= 0.6 is 0 Å². The van der Waals surface area contributed by atoms with E-state index in [9.17, 15) is 0 Å². The summed E-state index contributed by atoms with van der Waals surface area (Å²) in [5, 5.41) is 0. The van der Waals surface area contributed by atoms with E-state index in [1.54, 1.807) is 0 Å². The first-order valence-electron chi connectivity index (χ1n) is 8.04. The summed E-state index contributed by atoms with van der Waals surface area (Å²) in [6.07, 6.45) is 8.16. The molecule has 2 heteroatoms. The van der Waals surface area contributed by atoms with Gasteiger partial charge in [-0.15, -0.1) is 0 Å². The molecule has 0 radical (unpaired) electrons. The smallest absolute Gasteiger partial charge is 0.0465 e. The summed E-state index contributed by atoms with van der Waals surface area (Å²) in [5.41, 5.74) is 0. The second-order valence-electron chi connectivity index (χ2n) is 6.03. The Labute approximate surface area is 114 Å². The second-order valence-corrected chi connectivity index (χ2v) is 6.03. The fourth-order valence-corrected chi connectivity index (χ4v) is 2.88. The molecule has 0 spiro atoms. The van der Waals surface area contributed by atoms with Crippen LogP contribution in [0.1, 0.15) is 59.3 Å². The number of likely N-dealkylation sites (tertiary alicyclic amines) is 1. The van der Waals surface area contributed by atoms with Gasteiger partial charge in [-0.25, -0.2) is 0 Å². The topological polar surface area (TPSA) is 12.5 Å². The van der Waals surface area contributed by atoms with Gasteiger partial charge >= 0.3 is 0 Å². The van der Waals surface area contributed by atoms with E-state index >= 15 is 0 Å². The molecule has 108 valence electrons. The minimum Gasteiger partial charge on any atom is -0.382 e. The van der Waals surface area contributed by atoms with E-state index in [4.69, 9.17) is 4.74 Å². The summed E-state index contributed by atoms with van der Waals surface area (Å²) in [6, 6.07) is 0. The van der Waals surface area contributed by atoms with E-state index < -0.39 is 0 Å². The van der Waals surface area contributed by atoms with Crippen LogP contribution in [0, 0.1) is 11.8 Å². The summed E-state index contributed by atoms with van der Waals surface area (Å²) < 4.78 is 5.35. The largest absolute Gasteiger partial charge is 0.382 e. The lowest BCUT2D eigenvalue weighted by Gasteiger charge is -2.33. The van der Waals surface area contributed by atoms with Crippen LogP contribution in [0.4, 0.5) is 0 Å². The zero-order chi connectivity index (χ0) is 13.2. The molecule has 0 saturated carbocycles. The van der Waals surface area contributed by atoms with Crippen molar-refractivity contribution >= 4 is 0 Å². The minimum atomic E-state index is 0.866. The van der Waals surface area contributed by atoms with Gasteiger partial charge in [0.1, 0.15) is 0 Å². The summed E-state index contributed by atoms with van der Waals surface area (Å²) >= 11 is 0. The molecule has 1 aliphatic heterocycles. The number of hydrogen-bond donors (Lipinski definition) is 0. The molecule has 0 unspecified atom stereocenters. The molecule has 1 heterocycles. The van der Waals surface area contributed by atoms with Crippen molar-refractivity contribution in [2.75, 3.05) is 32.8 Å². The molecule has 18 heavy (non-hydrogen) atoms. The maximum Gasteiger partial charge on any atom is 0.0465 e.